The van der Waals surface area contributed by atoms with E-state index in [1.165, 1.54) is 11.1 Å². The van der Waals surface area contributed by atoms with Crippen LogP contribution in [-0.2, 0) is 0 Å². The van der Waals surface area contributed by atoms with Crippen LogP contribution in [0.3, 0.4) is 0 Å². The Morgan fingerprint density at radius 1 is 0.583 bits per heavy atom. The van der Waals surface area contributed by atoms with Crippen LogP contribution in [0.25, 0.3) is 24.3 Å². The lowest BCUT2D eigenvalue weighted by Gasteiger charge is -2.08. The summed E-state index contributed by atoms with van der Waals surface area (Å²) in [7, 11) is 1.71. The summed E-state index contributed by atoms with van der Waals surface area (Å²) in [6, 6.07) is 26.7. The Kier molecular flexibility index (Phi) is 5.26. The van der Waals surface area contributed by atoms with Crippen LogP contribution < -0.4 is 4.74 Å². The second-order valence-electron chi connectivity index (χ2n) is 5.45. The first kappa shape index (κ1) is 15.8. The normalized spacial score (nSPS) is 11.2. The van der Waals surface area contributed by atoms with E-state index >= 15 is 0 Å². The van der Waals surface area contributed by atoms with E-state index in [4.69, 9.17) is 4.74 Å². The van der Waals surface area contributed by atoms with Crippen molar-refractivity contribution >= 4 is 24.3 Å². The van der Waals surface area contributed by atoms with E-state index < -0.39 is 0 Å². The van der Waals surface area contributed by atoms with Gasteiger partial charge in [0.2, 0.25) is 0 Å². The fraction of sp³-hybridized carbons (Fsp3) is 0.0435. The van der Waals surface area contributed by atoms with Gasteiger partial charge in [-0.25, -0.2) is 0 Å². The van der Waals surface area contributed by atoms with Gasteiger partial charge in [0.1, 0.15) is 5.75 Å². The molecule has 0 fully saturated rings. The molecule has 118 valence electrons. The number of benzene rings is 3. The van der Waals surface area contributed by atoms with Crippen molar-refractivity contribution in [3.05, 3.63) is 101 Å². The molecule has 24 heavy (non-hydrogen) atoms. The Labute approximate surface area is 143 Å². The molecule has 0 unspecified atom stereocenters. The molecule has 1 nitrogen and oxygen atoms in total. The number of rotatable bonds is 5. The molecule has 0 amide bonds. The summed E-state index contributed by atoms with van der Waals surface area (Å²) in [4.78, 5) is 0. The van der Waals surface area contributed by atoms with Crippen LogP contribution in [0.1, 0.15) is 22.3 Å². The number of hydrogen-bond acceptors (Lipinski definition) is 1. The van der Waals surface area contributed by atoms with Gasteiger partial charge >= 0.3 is 0 Å². The summed E-state index contributed by atoms with van der Waals surface area (Å²) in [5.41, 5.74) is 4.56. The van der Waals surface area contributed by atoms with E-state index in [9.17, 15) is 0 Å². The highest BCUT2D eigenvalue weighted by Crippen LogP contribution is 2.26. The average Bonchev–Trinajstić information content (AvgIpc) is 2.66. The topological polar surface area (TPSA) is 9.23 Å². The Morgan fingerprint density at radius 3 is 1.75 bits per heavy atom. The second-order valence-corrected chi connectivity index (χ2v) is 5.45. The molecular weight excluding hydrogens is 292 g/mol. The molecule has 0 spiro atoms. The van der Waals surface area contributed by atoms with Crippen molar-refractivity contribution in [1.29, 1.82) is 0 Å². The van der Waals surface area contributed by atoms with Gasteiger partial charge in [0.25, 0.3) is 0 Å². The largest absolute Gasteiger partial charge is 0.496 e. The van der Waals surface area contributed by atoms with Crippen LogP contribution in [0.5, 0.6) is 5.75 Å². The lowest BCUT2D eigenvalue weighted by Crippen LogP contribution is -1.89. The first-order valence-electron chi connectivity index (χ1n) is 8.00. The van der Waals surface area contributed by atoms with Crippen LogP contribution in [-0.4, -0.2) is 7.11 Å². The molecule has 0 heterocycles. The van der Waals surface area contributed by atoms with Gasteiger partial charge in [-0.3, -0.25) is 0 Å². The molecule has 0 aromatic heterocycles. The van der Waals surface area contributed by atoms with Gasteiger partial charge in [-0.2, -0.15) is 0 Å². The molecule has 1 heteroatoms. The third kappa shape index (κ3) is 4.02. The van der Waals surface area contributed by atoms with E-state index in [2.05, 4.69) is 54.6 Å². The van der Waals surface area contributed by atoms with E-state index in [0.29, 0.717) is 0 Å². The molecule has 0 saturated heterocycles. The maximum Gasteiger partial charge on any atom is 0.126 e. The van der Waals surface area contributed by atoms with Gasteiger partial charge in [0.15, 0.2) is 0 Å². The van der Waals surface area contributed by atoms with Crippen LogP contribution in [0, 0.1) is 0 Å². The minimum absolute atomic E-state index is 0.873. The summed E-state index contributed by atoms with van der Waals surface area (Å²) < 4.78 is 5.54. The zero-order chi connectivity index (χ0) is 16.6. The molecule has 3 aromatic carbocycles. The maximum atomic E-state index is 5.54. The molecule has 0 bridgehead atoms. The van der Waals surface area contributed by atoms with Crippen molar-refractivity contribution in [2.45, 2.75) is 0 Å². The third-order valence-corrected chi connectivity index (χ3v) is 3.82. The smallest absolute Gasteiger partial charge is 0.126 e. The van der Waals surface area contributed by atoms with Crippen molar-refractivity contribution in [1.82, 2.24) is 0 Å². The highest BCUT2D eigenvalue weighted by molar-refractivity contribution is 5.82. The Balaban J connectivity index is 1.95. The van der Waals surface area contributed by atoms with Gasteiger partial charge in [0.05, 0.1) is 7.11 Å². The zero-order valence-corrected chi connectivity index (χ0v) is 13.7. The predicted molar refractivity (Wildman–Crippen MR) is 104 cm³/mol. The van der Waals surface area contributed by atoms with Crippen LogP contribution in [0.2, 0.25) is 0 Å². The molecule has 0 radical (unpaired) electrons. The Morgan fingerprint density at radius 2 is 1.17 bits per heavy atom. The standard InChI is InChI=1S/C23H20O/c1-24-23-14-8-13-21(17-15-19-9-4-2-5-10-19)22(23)18-16-20-11-6-3-7-12-20/h2-18H,1H3. The highest BCUT2D eigenvalue weighted by atomic mass is 16.5. The summed E-state index contributed by atoms with van der Waals surface area (Å²) in [6.45, 7) is 0. The van der Waals surface area contributed by atoms with E-state index in [1.807, 2.05) is 48.5 Å². The molecular formula is C23H20O. The number of methoxy groups -OCH3 is 1. The van der Waals surface area contributed by atoms with Crippen molar-refractivity contribution < 1.29 is 4.74 Å². The quantitative estimate of drug-likeness (QED) is 0.522. The molecule has 0 atom stereocenters. The van der Waals surface area contributed by atoms with Crippen molar-refractivity contribution in [3.8, 4) is 5.75 Å². The number of hydrogen-bond donors (Lipinski definition) is 0. The second kappa shape index (κ2) is 7.98. The minimum atomic E-state index is 0.873. The predicted octanol–water partition coefficient (Wildman–Crippen LogP) is 6.04. The van der Waals surface area contributed by atoms with Gasteiger partial charge in [0, 0.05) is 5.56 Å². The fourth-order valence-electron chi connectivity index (χ4n) is 2.56. The average molecular weight is 312 g/mol. The molecule has 0 aliphatic carbocycles. The van der Waals surface area contributed by atoms with Gasteiger partial charge in [-0.15, -0.1) is 0 Å². The summed E-state index contributed by atoms with van der Waals surface area (Å²) in [5.74, 6) is 0.873. The minimum Gasteiger partial charge on any atom is -0.496 e. The molecule has 3 rings (SSSR count). The van der Waals surface area contributed by atoms with E-state index in [1.54, 1.807) is 7.11 Å². The summed E-state index contributed by atoms with van der Waals surface area (Å²) in [5, 5.41) is 0. The van der Waals surface area contributed by atoms with E-state index in [0.717, 1.165) is 16.9 Å². The van der Waals surface area contributed by atoms with Crippen molar-refractivity contribution in [2.75, 3.05) is 7.11 Å². The summed E-state index contributed by atoms with van der Waals surface area (Å²) >= 11 is 0. The Hall–Kier alpha value is -3.06. The van der Waals surface area contributed by atoms with Gasteiger partial charge in [-0.1, -0.05) is 97.1 Å². The van der Waals surface area contributed by atoms with Crippen LogP contribution in [0.15, 0.2) is 78.9 Å². The molecule has 0 saturated carbocycles. The first-order chi connectivity index (χ1) is 11.9. The van der Waals surface area contributed by atoms with Gasteiger partial charge in [-0.05, 0) is 22.8 Å². The van der Waals surface area contributed by atoms with Crippen LogP contribution in [0.4, 0.5) is 0 Å². The number of ether oxygens (including phenoxy) is 1. The molecule has 0 aliphatic rings. The fourth-order valence-corrected chi connectivity index (χ4v) is 2.56. The lowest BCUT2D eigenvalue weighted by molar-refractivity contribution is 0.414. The monoisotopic (exact) mass is 312 g/mol. The SMILES string of the molecule is COc1cccc(C=Cc2ccccc2)c1C=Cc1ccccc1. The van der Waals surface area contributed by atoms with Crippen LogP contribution >= 0.6 is 0 Å². The summed E-state index contributed by atoms with van der Waals surface area (Å²) in [6.07, 6.45) is 8.47. The first-order valence-corrected chi connectivity index (χ1v) is 8.00. The maximum absolute atomic E-state index is 5.54. The van der Waals surface area contributed by atoms with Crippen molar-refractivity contribution in [2.24, 2.45) is 0 Å². The lowest BCUT2D eigenvalue weighted by atomic mass is 10.0. The highest BCUT2D eigenvalue weighted by Gasteiger charge is 2.03. The van der Waals surface area contributed by atoms with Gasteiger partial charge < -0.3 is 4.74 Å². The zero-order valence-electron chi connectivity index (χ0n) is 13.7. The molecule has 0 aliphatic heterocycles. The van der Waals surface area contributed by atoms with Crippen molar-refractivity contribution in [3.63, 3.8) is 0 Å². The Bertz CT molecular complexity index is 830. The van der Waals surface area contributed by atoms with E-state index in [-0.39, 0.29) is 0 Å². The molecule has 3 aromatic rings. The molecule has 0 N–H and O–H groups in total. The third-order valence-electron chi connectivity index (χ3n) is 3.82.